The van der Waals surface area contributed by atoms with Gasteiger partial charge in [0.25, 0.3) is 0 Å². The molecule has 1 unspecified atom stereocenters. The van der Waals surface area contributed by atoms with Crippen LogP contribution in [-0.4, -0.2) is 11.2 Å². The number of hydrogen-bond acceptors (Lipinski definition) is 1. The fourth-order valence-corrected chi connectivity index (χ4v) is 1.24. The highest BCUT2D eigenvalue weighted by molar-refractivity contribution is 5.72. The molecule has 0 aliphatic carbocycles. The van der Waals surface area contributed by atoms with E-state index in [1.165, 1.54) is 5.69 Å². The Labute approximate surface area is 65.7 Å². The molecule has 0 bridgehead atoms. The minimum atomic E-state index is 0.315. The predicted octanol–water partition coefficient (Wildman–Crippen LogP) is 2.09. The Morgan fingerprint density at radius 2 is 2.55 bits per heavy atom. The maximum absolute atomic E-state index is 4.33. The van der Waals surface area contributed by atoms with Crippen molar-refractivity contribution in [2.45, 2.75) is 12.5 Å². The Hall–Kier alpha value is -1.31. The van der Waals surface area contributed by atoms with E-state index in [0.717, 1.165) is 6.42 Å². The Balaban J connectivity index is 2.19. The quantitative estimate of drug-likeness (QED) is 0.628. The number of rotatable bonds is 1. The first kappa shape index (κ1) is 6.40. The summed E-state index contributed by atoms with van der Waals surface area (Å²) in [5.74, 6) is 0. The lowest BCUT2D eigenvalue weighted by Gasteiger charge is -2.09. The fourth-order valence-electron chi connectivity index (χ4n) is 1.24. The number of aliphatic imine (C=N–C) groups is 1. The van der Waals surface area contributed by atoms with Crippen LogP contribution < -0.4 is 0 Å². The van der Waals surface area contributed by atoms with E-state index >= 15 is 0 Å². The summed E-state index contributed by atoms with van der Waals surface area (Å²) in [6, 6.07) is 4.39. The van der Waals surface area contributed by atoms with E-state index in [0.29, 0.717) is 6.04 Å². The number of H-pyrrole nitrogens is 1. The molecule has 1 aromatic rings. The molecule has 0 fully saturated rings. The molecule has 1 N–H and O–H groups in total. The number of allylic oxidation sites excluding steroid dienone is 1. The molecule has 0 amide bonds. The number of nitrogens with zero attached hydrogens (tertiary/aromatic N) is 1. The summed E-state index contributed by atoms with van der Waals surface area (Å²) in [6.45, 7) is 0. The second-order valence-electron chi connectivity index (χ2n) is 2.60. The summed E-state index contributed by atoms with van der Waals surface area (Å²) in [6.07, 6.45) is 8.92. The Kier molecular flexibility index (Phi) is 1.60. The van der Waals surface area contributed by atoms with Crippen molar-refractivity contribution >= 4 is 6.21 Å². The number of dihydropyridines is 1. The molecule has 11 heavy (non-hydrogen) atoms. The van der Waals surface area contributed by atoms with Crippen molar-refractivity contribution in [2.75, 3.05) is 0 Å². The van der Waals surface area contributed by atoms with Crippen LogP contribution in [0.1, 0.15) is 18.2 Å². The number of aromatic nitrogens is 1. The van der Waals surface area contributed by atoms with Crippen molar-refractivity contribution in [1.29, 1.82) is 0 Å². The van der Waals surface area contributed by atoms with Gasteiger partial charge >= 0.3 is 0 Å². The molecule has 0 saturated heterocycles. The number of nitrogens with one attached hydrogen (secondary N) is 1. The molecule has 2 rings (SSSR count). The third-order valence-electron chi connectivity index (χ3n) is 1.83. The first-order chi connectivity index (χ1) is 5.47. The molecule has 1 aromatic heterocycles. The zero-order chi connectivity index (χ0) is 7.52. The van der Waals surface area contributed by atoms with E-state index in [-0.39, 0.29) is 0 Å². The maximum Gasteiger partial charge on any atom is 0.0931 e. The molecule has 1 aliphatic heterocycles. The van der Waals surface area contributed by atoms with E-state index < -0.39 is 0 Å². The maximum atomic E-state index is 4.33. The summed E-state index contributed by atoms with van der Waals surface area (Å²) < 4.78 is 0. The van der Waals surface area contributed by atoms with Gasteiger partial charge in [-0.05, 0) is 24.6 Å². The Bertz CT molecular complexity index is 270. The van der Waals surface area contributed by atoms with Crippen LogP contribution in [0.15, 0.2) is 35.5 Å². The lowest BCUT2D eigenvalue weighted by molar-refractivity contribution is 0.719. The van der Waals surface area contributed by atoms with Crippen LogP contribution in [-0.2, 0) is 0 Å². The smallest absolute Gasteiger partial charge is 0.0931 e. The molecule has 0 aromatic carbocycles. The van der Waals surface area contributed by atoms with Crippen LogP contribution in [0, 0.1) is 0 Å². The van der Waals surface area contributed by atoms with Crippen LogP contribution in [0.25, 0.3) is 0 Å². The van der Waals surface area contributed by atoms with Crippen molar-refractivity contribution in [1.82, 2.24) is 4.98 Å². The Morgan fingerprint density at radius 1 is 1.55 bits per heavy atom. The normalized spacial score (nSPS) is 22.4. The van der Waals surface area contributed by atoms with E-state index in [1.807, 2.05) is 24.6 Å². The fraction of sp³-hybridized carbons (Fsp3) is 0.222. The van der Waals surface area contributed by atoms with Gasteiger partial charge in [0.05, 0.1) is 6.04 Å². The highest BCUT2D eigenvalue weighted by Crippen LogP contribution is 2.21. The molecule has 56 valence electrons. The summed E-state index contributed by atoms with van der Waals surface area (Å²) in [5.41, 5.74) is 1.20. The van der Waals surface area contributed by atoms with Gasteiger partial charge in [-0.15, -0.1) is 0 Å². The SMILES string of the molecule is C1=CCC(c2ccc[nH]2)N=C1. The van der Waals surface area contributed by atoms with Gasteiger partial charge in [0.1, 0.15) is 0 Å². The van der Waals surface area contributed by atoms with Crippen molar-refractivity contribution in [3.8, 4) is 0 Å². The molecule has 2 heterocycles. The average molecular weight is 146 g/mol. The highest BCUT2D eigenvalue weighted by atomic mass is 14.8. The molecule has 1 aliphatic rings. The predicted molar refractivity (Wildman–Crippen MR) is 45.8 cm³/mol. The van der Waals surface area contributed by atoms with Gasteiger partial charge in [-0.25, -0.2) is 0 Å². The molecular weight excluding hydrogens is 136 g/mol. The Morgan fingerprint density at radius 3 is 3.18 bits per heavy atom. The minimum absolute atomic E-state index is 0.315. The number of hydrogen-bond donors (Lipinski definition) is 1. The zero-order valence-corrected chi connectivity index (χ0v) is 6.20. The van der Waals surface area contributed by atoms with Gasteiger partial charge in [-0.3, -0.25) is 4.99 Å². The van der Waals surface area contributed by atoms with Crippen molar-refractivity contribution in [3.63, 3.8) is 0 Å². The molecule has 0 saturated carbocycles. The second-order valence-corrected chi connectivity index (χ2v) is 2.60. The summed E-state index contributed by atoms with van der Waals surface area (Å²) in [5, 5.41) is 0. The largest absolute Gasteiger partial charge is 0.363 e. The molecule has 2 nitrogen and oxygen atoms in total. The second kappa shape index (κ2) is 2.74. The third-order valence-corrected chi connectivity index (χ3v) is 1.83. The van der Waals surface area contributed by atoms with E-state index in [1.54, 1.807) is 0 Å². The average Bonchev–Trinajstić information content (AvgIpc) is 2.58. The van der Waals surface area contributed by atoms with Crippen molar-refractivity contribution in [2.24, 2.45) is 4.99 Å². The van der Waals surface area contributed by atoms with Crippen LogP contribution in [0.5, 0.6) is 0 Å². The number of aromatic amines is 1. The van der Waals surface area contributed by atoms with Crippen LogP contribution in [0.2, 0.25) is 0 Å². The van der Waals surface area contributed by atoms with Gasteiger partial charge in [0.15, 0.2) is 0 Å². The topological polar surface area (TPSA) is 28.1 Å². The van der Waals surface area contributed by atoms with Crippen molar-refractivity contribution in [3.05, 3.63) is 36.2 Å². The summed E-state index contributed by atoms with van der Waals surface area (Å²) in [4.78, 5) is 7.49. The summed E-state index contributed by atoms with van der Waals surface area (Å²) in [7, 11) is 0. The van der Waals surface area contributed by atoms with Gasteiger partial charge in [0.2, 0.25) is 0 Å². The third kappa shape index (κ3) is 1.24. The van der Waals surface area contributed by atoms with E-state index in [2.05, 4.69) is 22.1 Å². The van der Waals surface area contributed by atoms with Crippen LogP contribution >= 0.6 is 0 Å². The van der Waals surface area contributed by atoms with Gasteiger partial charge in [-0.2, -0.15) is 0 Å². The molecular formula is C9H10N2. The summed E-state index contributed by atoms with van der Waals surface area (Å²) >= 11 is 0. The lowest BCUT2D eigenvalue weighted by Crippen LogP contribution is -1.97. The first-order valence-corrected chi connectivity index (χ1v) is 3.78. The monoisotopic (exact) mass is 146 g/mol. The molecule has 0 radical (unpaired) electrons. The van der Waals surface area contributed by atoms with Crippen molar-refractivity contribution < 1.29 is 0 Å². The highest BCUT2D eigenvalue weighted by Gasteiger charge is 2.08. The lowest BCUT2D eigenvalue weighted by atomic mass is 10.1. The zero-order valence-electron chi connectivity index (χ0n) is 6.20. The minimum Gasteiger partial charge on any atom is -0.363 e. The molecule has 2 heteroatoms. The standard InChI is InChI=1S/C9H10N2/c1-2-6-10-8(4-1)9-5-3-7-11-9/h1-3,5-8,11H,4H2. The molecule has 0 spiro atoms. The van der Waals surface area contributed by atoms with E-state index in [9.17, 15) is 0 Å². The van der Waals surface area contributed by atoms with Crippen LogP contribution in [0.4, 0.5) is 0 Å². The van der Waals surface area contributed by atoms with Gasteiger partial charge < -0.3 is 4.98 Å². The first-order valence-electron chi connectivity index (χ1n) is 3.78. The van der Waals surface area contributed by atoms with Crippen LogP contribution in [0.3, 0.4) is 0 Å². The van der Waals surface area contributed by atoms with Gasteiger partial charge in [-0.1, -0.05) is 6.08 Å². The van der Waals surface area contributed by atoms with Gasteiger partial charge in [0, 0.05) is 18.1 Å². The molecule has 1 atom stereocenters. The van der Waals surface area contributed by atoms with E-state index in [4.69, 9.17) is 0 Å².